The summed E-state index contributed by atoms with van der Waals surface area (Å²) in [6.45, 7) is 2.45. The third kappa shape index (κ3) is 9.89. The largest absolute Gasteiger partial charge is 0.464 e. The molecule has 6 aromatic rings. The van der Waals surface area contributed by atoms with Crippen molar-refractivity contribution < 1.29 is 38.0 Å². The molecule has 0 spiro atoms. The predicted molar refractivity (Wildman–Crippen MR) is 226 cm³/mol. The highest BCUT2D eigenvalue weighted by molar-refractivity contribution is 5.76. The van der Waals surface area contributed by atoms with Gasteiger partial charge in [-0.3, -0.25) is 0 Å². The Kier molecular flexibility index (Phi) is 14.5. The second kappa shape index (κ2) is 20.5. The van der Waals surface area contributed by atoms with Gasteiger partial charge >= 0.3 is 5.97 Å². The average Bonchev–Trinajstić information content (AvgIpc) is 3.30. The van der Waals surface area contributed by atoms with Gasteiger partial charge < -0.3 is 33.2 Å². The van der Waals surface area contributed by atoms with Gasteiger partial charge in [0.2, 0.25) is 0 Å². The second-order valence-electron chi connectivity index (χ2n) is 14.5. The summed E-state index contributed by atoms with van der Waals surface area (Å²) < 4.78 is 46.9. The minimum atomic E-state index is -1.51. The Morgan fingerprint density at radius 3 is 1.54 bits per heavy atom. The van der Waals surface area contributed by atoms with E-state index in [1.807, 2.05) is 146 Å². The number of esters is 1. The van der Waals surface area contributed by atoms with Crippen molar-refractivity contribution in [3.8, 4) is 0 Å². The van der Waals surface area contributed by atoms with Crippen molar-refractivity contribution in [2.24, 2.45) is 0 Å². The molecule has 0 aliphatic carbocycles. The molecule has 59 heavy (non-hydrogen) atoms. The van der Waals surface area contributed by atoms with E-state index < -0.39 is 41.8 Å². The Morgan fingerprint density at radius 1 is 0.644 bits per heavy atom. The first-order valence-corrected chi connectivity index (χ1v) is 20.2. The first-order valence-electron chi connectivity index (χ1n) is 20.2. The quantitative estimate of drug-likeness (QED) is 0.0593. The number of rotatable bonds is 19. The number of carbonyl (C=O) groups excluding carboxylic acids is 1. The van der Waals surface area contributed by atoms with E-state index in [1.165, 1.54) is 0 Å². The average molecular weight is 793 g/mol. The highest BCUT2D eigenvalue weighted by Crippen LogP contribution is 2.44. The summed E-state index contributed by atoms with van der Waals surface area (Å²) in [5.74, 6) is -0.576. The van der Waals surface area contributed by atoms with Crippen LogP contribution >= 0.6 is 0 Å². The van der Waals surface area contributed by atoms with E-state index >= 15 is 0 Å². The smallest absolute Gasteiger partial charge is 0.338 e. The molecule has 1 heterocycles. The Bertz CT molecular complexity index is 2020. The zero-order valence-electron chi connectivity index (χ0n) is 33.6. The fourth-order valence-corrected chi connectivity index (χ4v) is 7.90. The van der Waals surface area contributed by atoms with E-state index in [-0.39, 0.29) is 39.5 Å². The van der Waals surface area contributed by atoms with Crippen LogP contribution in [0, 0.1) is 0 Å². The zero-order chi connectivity index (χ0) is 40.8. The van der Waals surface area contributed by atoms with Gasteiger partial charge in [0.05, 0.1) is 39.1 Å². The van der Waals surface area contributed by atoms with Crippen molar-refractivity contribution in [1.29, 1.82) is 0 Å². The third-order valence-electron chi connectivity index (χ3n) is 10.7. The molecule has 8 nitrogen and oxygen atoms in total. The van der Waals surface area contributed by atoms with Crippen molar-refractivity contribution in [1.82, 2.24) is 0 Å². The molecule has 0 amide bonds. The van der Waals surface area contributed by atoms with Crippen molar-refractivity contribution in [2.45, 2.75) is 69.0 Å². The molecule has 0 unspecified atom stereocenters. The van der Waals surface area contributed by atoms with Gasteiger partial charge in [-0.2, -0.15) is 0 Å². The van der Waals surface area contributed by atoms with Crippen LogP contribution in [0.15, 0.2) is 182 Å². The van der Waals surface area contributed by atoms with Crippen LogP contribution in [-0.2, 0) is 63.4 Å². The van der Waals surface area contributed by atoms with E-state index in [4.69, 9.17) is 33.2 Å². The molecule has 0 N–H and O–H groups in total. The highest BCUT2D eigenvalue weighted by atomic mass is 16.7. The number of carbonyl (C=O) groups is 1. The molecule has 7 rings (SSSR count). The minimum Gasteiger partial charge on any atom is -0.464 e. The van der Waals surface area contributed by atoms with Crippen molar-refractivity contribution >= 4 is 5.97 Å². The van der Waals surface area contributed by atoms with Gasteiger partial charge in [0.15, 0.2) is 12.4 Å². The molecule has 0 aromatic heterocycles. The molecule has 304 valence electrons. The summed E-state index contributed by atoms with van der Waals surface area (Å²) >= 11 is 0. The SMILES string of the molecule is CCOC(=O)[C@H](OCc1ccccc1)[C@]1(OCc2ccccc2)C[C@@H](COC(c2ccccc2)(c2ccccc2)c2ccccc2)O[C@H](OC)[C@@H]1OCc1ccccc1. The van der Waals surface area contributed by atoms with Crippen LogP contribution in [0.5, 0.6) is 0 Å². The van der Waals surface area contributed by atoms with Crippen molar-refractivity contribution in [2.75, 3.05) is 20.3 Å². The van der Waals surface area contributed by atoms with Crippen LogP contribution in [0.1, 0.15) is 46.7 Å². The van der Waals surface area contributed by atoms with Crippen molar-refractivity contribution in [3.05, 3.63) is 215 Å². The van der Waals surface area contributed by atoms with E-state index in [2.05, 4.69) is 36.4 Å². The van der Waals surface area contributed by atoms with Crippen LogP contribution in [0.25, 0.3) is 0 Å². The van der Waals surface area contributed by atoms with Crippen LogP contribution in [0.3, 0.4) is 0 Å². The Hall–Kier alpha value is -5.45. The van der Waals surface area contributed by atoms with Gasteiger partial charge in [0, 0.05) is 13.5 Å². The molecule has 5 atom stereocenters. The molecule has 1 aliphatic heterocycles. The van der Waals surface area contributed by atoms with Gasteiger partial charge in [0.1, 0.15) is 17.3 Å². The lowest BCUT2D eigenvalue weighted by Crippen LogP contribution is -2.68. The lowest BCUT2D eigenvalue weighted by molar-refractivity contribution is -0.337. The topological polar surface area (TPSA) is 81.7 Å². The van der Waals surface area contributed by atoms with Gasteiger partial charge in [-0.25, -0.2) is 4.79 Å². The molecular formula is C51H52O8. The summed E-state index contributed by atoms with van der Waals surface area (Å²) in [6, 6.07) is 60.0. The monoisotopic (exact) mass is 792 g/mol. The highest BCUT2D eigenvalue weighted by Gasteiger charge is 2.60. The van der Waals surface area contributed by atoms with Gasteiger partial charge in [-0.1, -0.05) is 182 Å². The summed E-state index contributed by atoms with van der Waals surface area (Å²) in [7, 11) is 1.57. The molecule has 6 aromatic carbocycles. The Labute approximate surface area is 347 Å². The van der Waals surface area contributed by atoms with Gasteiger partial charge in [-0.05, 0) is 40.3 Å². The maximum Gasteiger partial charge on any atom is 0.338 e. The fraction of sp³-hybridized carbons (Fsp3) is 0.275. The molecule has 0 radical (unpaired) electrons. The normalized spacial score (nSPS) is 19.8. The molecule has 0 bridgehead atoms. The summed E-state index contributed by atoms with van der Waals surface area (Å²) in [4.78, 5) is 14.5. The predicted octanol–water partition coefficient (Wildman–Crippen LogP) is 9.45. The minimum absolute atomic E-state index is 0.0780. The zero-order valence-corrected chi connectivity index (χ0v) is 33.6. The maximum absolute atomic E-state index is 14.5. The molecule has 1 saturated heterocycles. The van der Waals surface area contributed by atoms with Gasteiger partial charge in [-0.15, -0.1) is 0 Å². The standard InChI is InChI=1S/C51H52O8/c1-3-54-48(52)46(55-35-39-22-10-4-11-23-39)50(57-37-41-26-14-6-15-27-41)34-45(59-49(53-2)47(50)56-36-40-24-12-5-13-25-40)38-58-51(42-28-16-7-17-29-42,43-30-18-8-19-31-43)44-32-20-9-21-33-44/h4-33,45-47,49H,3,34-38H2,1-2H3/t45-,46-,47-,49-,50+/m0/s1. The number of ether oxygens (including phenoxy) is 7. The molecule has 0 saturated carbocycles. The number of benzene rings is 6. The second-order valence-corrected chi connectivity index (χ2v) is 14.5. The third-order valence-corrected chi connectivity index (χ3v) is 10.7. The maximum atomic E-state index is 14.5. The van der Waals surface area contributed by atoms with Crippen LogP contribution in [0.4, 0.5) is 0 Å². The number of hydrogen-bond acceptors (Lipinski definition) is 8. The first-order chi connectivity index (χ1) is 29.1. The Balaban J connectivity index is 1.34. The van der Waals surface area contributed by atoms with Crippen LogP contribution in [-0.4, -0.2) is 56.5 Å². The lowest BCUT2D eigenvalue weighted by atomic mass is 9.79. The summed E-state index contributed by atoms with van der Waals surface area (Å²) in [5, 5.41) is 0. The van der Waals surface area contributed by atoms with Gasteiger partial charge in [0.25, 0.3) is 0 Å². The van der Waals surface area contributed by atoms with Crippen molar-refractivity contribution in [3.63, 3.8) is 0 Å². The molecular weight excluding hydrogens is 741 g/mol. The summed E-state index contributed by atoms with van der Waals surface area (Å²) in [5.41, 5.74) is 3.02. The molecule has 1 fully saturated rings. The Morgan fingerprint density at radius 2 is 1.08 bits per heavy atom. The van der Waals surface area contributed by atoms with Crippen LogP contribution < -0.4 is 0 Å². The number of methoxy groups -OCH3 is 1. The van der Waals surface area contributed by atoms with Crippen LogP contribution in [0.2, 0.25) is 0 Å². The first kappa shape index (κ1) is 41.7. The molecule has 8 heteroatoms. The van der Waals surface area contributed by atoms with E-state index in [1.54, 1.807) is 14.0 Å². The summed E-state index contributed by atoms with van der Waals surface area (Å²) in [6.07, 6.45) is -3.78. The fourth-order valence-electron chi connectivity index (χ4n) is 7.90. The number of hydrogen-bond donors (Lipinski definition) is 0. The van der Waals surface area contributed by atoms with E-state index in [9.17, 15) is 4.79 Å². The molecule has 1 aliphatic rings. The lowest BCUT2D eigenvalue weighted by Gasteiger charge is -2.51. The van der Waals surface area contributed by atoms with E-state index in [0.717, 1.165) is 33.4 Å². The van der Waals surface area contributed by atoms with E-state index in [0.29, 0.717) is 0 Å².